The van der Waals surface area contributed by atoms with Crippen LogP contribution in [0.1, 0.15) is 45.2 Å². The highest BCUT2D eigenvalue weighted by Gasteiger charge is 2.35. The van der Waals surface area contributed by atoms with Crippen LogP contribution in [-0.2, 0) is 4.79 Å². The van der Waals surface area contributed by atoms with E-state index in [1.165, 1.54) is 0 Å². The molecule has 0 aromatic heterocycles. The van der Waals surface area contributed by atoms with Crippen molar-refractivity contribution < 1.29 is 19.0 Å². The Labute approximate surface area is 160 Å². The molecule has 2 aromatic rings. The molecule has 5 heteroatoms. The monoisotopic (exact) mass is 369 g/mol. The van der Waals surface area contributed by atoms with Gasteiger partial charge in [-0.15, -0.1) is 0 Å². The molecular weight excluding hydrogens is 342 g/mol. The highest BCUT2D eigenvalue weighted by Crippen LogP contribution is 2.39. The lowest BCUT2D eigenvalue weighted by atomic mass is 9.89. The van der Waals surface area contributed by atoms with Gasteiger partial charge in [0.2, 0.25) is 0 Å². The number of carbonyl (C=O) groups is 1. The van der Waals surface area contributed by atoms with E-state index in [-0.39, 0.29) is 17.6 Å². The molecule has 0 fully saturated rings. The molecule has 27 heavy (non-hydrogen) atoms. The third-order valence-corrected chi connectivity index (χ3v) is 4.68. The average Bonchev–Trinajstić information content (AvgIpc) is 2.65. The second kappa shape index (κ2) is 7.91. The van der Waals surface area contributed by atoms with Gasteiger partial charge in [-0.2, -0.15) is 0 Å². The smallest absolute Gasteiger partial charge is 0.261 e. The molecule has 0 bridgehead atoms. The molecule has 2 aromatic carbocycles. The summed E-state index contributed by atoms with van der Waals surface area (Å²) in [7, 11) is 1.60. The summed E-state index contributed by atoms with van der Waals surface area (Å²) in [5.74, 6) is 2.01. The molecular formula is C22H27NO4. The van der Waals surface area contributed by atoms with Gasteiger partial charge in [0.25, 0.3) is 5.91 Å². The Bertz CT molecular complexity index is 802. The largest absolute Gasteiger partial charge is 0.497 e. The van der Waals surface area contributed by atoms with Crippen LogP contribution < -0.4 is 19.5 Å². The molecule has 1 N–H and O–H groups in total. The predicted molar refractivity (Wildman–Crippen MR) is 104 cm³/mol. The van der Waals surface area contributed by atoms with Gasteiger partial charge in [0.05, 0.1) is 13.2 Å². The zero-order chi connectivity index (χ0) is 19.4. The van der Waals surface area contributed by atoms with Gasteiger partial charge in [0.15, 0.2) is 6.10 Å². The lowest BCUT2D eigenvalue weighted by molar-refractivity contribution is -0.129. The fourth-order valence-corrected chi connectivity index (χ4v) is 3.36. The van der Waals surface area contributed by atoms with Crippen LogP contribution in [0.3, 0.4) is 0 Å². The number of hydrogen-bond donors (Lipinski definition) is 1. The number of para-hydroxylation sites is 1. The van der Waals surface area contributed by atoms with E-state index in [0.29, 0.717) is 24.3 Å². The number of methoxy groups -OCH3 is 1. The number of fused-ring (bicyclic) bond motifs is 1. The van der Waals surface area contributed by atoms with Crippen LogP contribution in [0.4, 0.5) is 0 Å². The summed E-state index contributed by atoms with van der Waals surface area (Å²) < 4.78 is 17.2. The van der Waals surface area contributed by atoms with Crippen molar-refractivity contribution in [3.63, 3.8) is 0 Å². The maximum Gasteiger partial charge on any atom is 0.261 e. The van der Waals surface area contributed by atoms with Crippen molar-refractivity contribution in [2.24, 2.45) is 0 Å². The average molecular weight is 369 g/mol. The predicted octanol–water partition coefficient (Wildman–Crippen LogP) is 4.27. The van der Waals surface area contributed by atoms with E-state index in [1.54, 1.807) is 13.2 Å². The molecule has 2 atom stereocenters. The normalized spacial score (nSPS) is 18.6. The number of amides is 1. The van der Waals surface area contributed by atoms with E-state index >= 15 is 0 Å². The van der Waals surface area contributed by atoms with Gasteiger partial charge in [-0.05, 0) is 38.5 Å². The fourth-order valence-electron chi connectivity index (χ4n) is 3.36. The Balaban J connectivity index is 1.74. The Kier molecular flexibility index (Phi) is 5.59. The Morgan fingerprint density at radius 1 is 1.22 bits per heavy atom. The van der Waals surface area contributed by atoms with Crippen molar-refractivity contribution in [2.75, 3.05) is 7.11 Å². The maximum absolute atomic E-state index is 12.9. The van der Waals surface area contributed by atoms with Gasteiger partial charge in [-0.1, -0.05) is 31.2 Å². The first-order valence-corrected chi connectivity index (χ1v) is 9.31. The highest BCUT2D eigenvalue weighted by molar-refractivity contribution is 5.81. The maximum atomic E-state index is 12.9. The van der Waals surface area contributed by atoms with Crippen molar-refractivity contribution in [2.45, 2.75) is 51.4 Å². The van der Waals surface area contributed by atoms with E-state index in [2.05, 4.69) is 5.32 Å². The molecule has 2 unspecified atom stereocenters. The molecule has 0 saturated carbocycles. The molecule has 144 valence electrons. The molecule has 0 aliphatic carbocycles. The van der Waals surface area contributed by atoms with Crippen LogP contribution in [0.15, 0.2) is 48.5 Å². The standard InChI is InChI=1S/C22H27NO4/c1-5-19(26-16-10-8-9-15(13-16)25-4)21(24)23-18-14-22(2,3)27-20-12-7-6-11-17(18)20/h6-13,18-19H,5,14H2,1-4H3,(H,23,24). The molecule has 0 spiro atoms. The van der Waals surface area contributed by atoms with Crippen LogP contribution in [0, 0.1) is 0 Å². The summed E-state index contributed by atoms with van der Waals surface area (Å²) in [6.45, 7) is 6.00. The van der Waals surface area contributed by atoms with Gasteiger partial charge >= 0.3 is 0 Å². The number of ether oxygens (including phenoxy) is 3. The summed E-state index contributed by atoms with van der Waals surface area (Å²) >= 11 is 0. The van der Waals surface area contributed by atoms with Gasteiger partial charge in [-0.3, -0.25) is 4.79 Å². The van der Waals surface area contributed by atoms with E-state index in [1.807, 2.05) is 63.2 Å². The van der Waals surface area contributed by atoms with Crippen LogP contribution in [0.2, 0.25) is 0 Å². The first kappa shape index (κ1) is 19.1. The molecule has 5 nitrogen and oxygen atoms in total. The van der Waals surface area contributed by atoms with Crippen LogP contribution >= 0.6 is 0 Å². The number of hydrogen-bond acceptors (Lipinski definition) is 4. The molecule has 1 heterocycles. The van der Waals surface area contributed by atoms with E-state index in [0.717, 1.165) is 11.3 Å². The first-order chi connectivity index (χ1) is 12.9. The molecule has 0 saturated heterocycles. The van der Waals surface area contributed by atoms with E-state index in [9.17, 15) is 4.79 Å². The molecule has 0 radical (unpaired) electrons. The van der Waals surface area contributed by atoms with Gasteiger partial charge in [0.1, 0.15) is 22.8 Å². The summed E-state index contributed by atoms with van der Waals surface area (Å²) in [4.78, 5) is 12.9. The molecule has 3 rings (SSSR count). The van der Waals surface area contributed by atoms with E-state index < -0.39 is 6.10 Å². The minimum atomic E-state index is -0.574. The first-order valence-electron chi connectivity index (χ1n) is 9.31. The van der Waals surface area contributed by atoms with Crippen LogP contribution in [0.5, 0.6) is 17.2 Å². The van der Waals surface area contributed by atoms with Gasteiger partial charge in [0, 0.05) is 18.1 Å². The summed E-state index contributed by atoms with van der Waals surface area (Å²) in [5.41, 5.74) is 0.656. The number of nitrogens with one attached hydrogen (secondary N) is 1. The quantitative estimate of drug-likeness (QED) is 0.826. The summed E-state index contributed by atoms with van der Waals surface area (Å²) in [6.07, 6.45) is 0.693. The van der Waals surface area contributed by atoms with Crippen molar-refractivity contribution in [3.05, 3.63) is 54.1 Å². The number of rotatable bonds is 6. The molecule has 1 amide bonds. The number of benzene rings is 2. The van der Waals surface area contributed by atoms with Crippen molar-refractivity contribution >= 4 is 5.91 Å². The highest BCUT2D eigenvalue weighted by atomic mass is 16.5. The minimum Gasteiger partial charge on any atom is -0.497 e. The van der Waals surface area contributed by atoms with Gasteiger partial charge < -0.3 is 19.5 Å². The third kappa shape index (κ3) is 4.54. The van der Waals surface area contributed by atoms with Crippen molar-refractivity contribution in [3.8, 4) is 17.2 Å². The molecule has 1 aliphatic heterocycles. The van der Waals surface area contributed by atoms with Crippen LogP contribution in [-0.4, -0.2) is 24.7 Å². The Hall–Kier alpha value is -2.69. The van der Waals surface area contributed by atoms with Gasteiger partial charge in [-0.25, -0.2) is 0 Å². The fraction of sp³-hybridized carbons (Fsp3) is 0.409. The van der Waals surface area contributed by atoms with Crippen molar-refractivity contribution in [1.82, 2.24) is 5.32 Å². The second-order valence-electron chi connectivity index (χ2n) is 7.36. The Morgan fingerprint density at radius 3 is 2.70 bits per heavy atom. The second-order valence-corrected chi connectivity index (χ2v) is 7.36. The zero-order valence-electron chi connectivity index (χ0n) is 16.3. The molecule has 1 aliphatic rings. The topological polar surface area (TPSA) is 56.8 Å². The Morgan fingerprint density at radius 2 is 1.96 bits per heavy atom. The summed E-state index contributed by atoms with van der Waals surface area (Å²) in [6, 6.07) is 15.0. The lowest BCUT2D eigenvalue weighted by Crippen LogP contribution is -2.45. The lowest BCUT2D eigenvalue weighted by Gasteiger charge is -2.38. The van der Waals surface area contributed by atoms with E-state index in [4.69, 9.17) is 14.2 Å². The third-order valence-electron chi connectivity index (χ3n) is 4.68. The number of carbonyl (C=O) groups excluding carboxylic acids is 1. The SMILES string of the molecule is CCC(Oc1cccc(OC)c1)C(=O)NC1CC(C)(C)Oc2ccccc21. The zero-order valence-corrected chi connectivity index (χ0v) is 16.3. The summed E-state index contributed by atoms with van der Waals surface area (Å²) in [5, 5.41) is 3.16. The minimum absolute atomic E-state index is 0.111. The van der Waals surface area contributed by atoms with Crippen molar-refractivity contribution in [1.29, 1.82) is 0 Å². The van der Waals surface area contributed by atoms with Crippen LogP contribution in [0.25, 0.3) is 0 Å².